The van der Waals surface area contributed by atoms with Crippen LogP contribution in [-0.4, -0.2) is 31.6 Å². The molecule has 0 amide bonds. The molecule has 7 heteroatoms. The predicted molar refractivity (Wildman–Crippen MR) is 71.1 cm³/mol. The molecule has 106 valence electrons. The largest absolute Gasteiger partial charge is 0.388 e. The fourth-order valence-corrected chi connectivity index (χ4v) is 4.74. The first-order chi connectivity index (χ1) is 8.80. The molecule has 1 saturated heterocycles. The molecule has 3 N–H and O–H groups in total. The summed E-state index contributed by atoms with van der Waals surface area (Å²) in [6, 6.07) is 3.94. The molecule has 1 heterocycles. The van der Waals surface area contributed by atoms with Gasteiger partial charge in [-0.15, -0.1) is 0 Å². The Kier molecular flexibility index (Phi) is 3.88. The Morgan fingerprint density at radius 3 is 2.68 bits per heavy atom. The molecule has 1 aromatic rings. The fraction of sp³-hybridized carbons (Fsp3) is 0.500. The second-order valence-corrected chi connectivity index (χ2v) is 7.58. The molecule has 1 aliphatic heterocycles. The van der Waals surface area contributed by atoms with E-state index in [1.807, 2.05) is 0 Å². The van der Waals surface area contributed by atoms with Crippen molar-refractivity contribution in [1.82, 2.24) is 0 Å². The summed E-state index contributed by atoms with van der Waals surface area (Å²) >= 11 is 5.58. The van der Waals surface area contributed by atoms with E-state index >= 15 is 0 Å². The maximum atomic E-state index is 13.4. The molecular formula is C12H15ClFNO3S. The van der Waals surface area contributed by atoms with Gasteiger partial charge >= 0.3 is 0 Å². The smallest absolute Gasteiger partial charge is 0.151 e. The van der Waals surface area contributed by atoms with Crippen LogP contribution in [-0.2, 0) is 9.84 Å². The van der Waals surface area contributed by atoms with Crippen LogP contribution in [0.2, 0.25) is 5.02 Å². The Hall–Kier alpha value is -0.690. The Labute approximate surface area is 116 Å². The highest BCUT2D eigenvalue weighted by Gasteiger charge is 2.47. The Morgan fingerprint density at radius 1 is 1.53 bits per heavy atom. The zero-order valence-electron chi connectivity index (χ0n) is 10.1. The van der Waals surface area contributed by atoms with Crippen LogP contribution in [0.3, 0.4) is 0 Å². The number of benzene rings is 1. The summed E-state index contributed by atoms with van der Waals surface area (Å²) < 4.78 is 36.6. The number of nitrogens with two attached hydrogens (primary N) is 1. The van der Waals surface area contributed by atoms with Crippen LogP contribution >= 0.6 is 11.6 Å². The van der Waals surface area contributed by atoms with Gasteiger partial charge in [-0.05, 0) is 24.1 Å². The molecule has 1 aliphatic rings. The summed E-state index contributed by atoms with van der Waals surface area (Å²) in [5.41, 5.74) is 5.00. The minimum Gasteiger partial charge on any atom is -0.388 e. The SMILES string of the molecule is NCC1(C(O)c2ccc(Cl)c(F)c2)CCS(=O)(=O)C1. The monoisotopic (exact) mass is 307 g/mol. The molecule has 0 saturated carbocycles. The molecule has 2 atom stereocenters. The van der Waals surface area contributed by atoms with Crippen LogP contribution < -0.4 is 5.73 Å². The van der Waals surface area contributed by atoms with E-state index in [1.165, 1.54) is 12.1 Å². The zero-order valence-corrected chi connectivity index (χ0v) is 11.7. The van der Waals surface area contributed by atoms with Crippen LogP contribution in [0.4, 0.5) is 4.39 Å². The molecule has 1 fully saturated rings. The van der Waals surface area contributed by atoms with Crippen molar-refractivity contribution < 1.29 is 17.9 Å². The lowest BCUT2D eigenvalue weighted by atomic mass is 9.78. The van der Waals surface area contributed by atoms with Crippen LogP contribution in [0.25, 0.3) is 0 Å². The third-order valence-electron chi connectivity index (χ3n) is 3.66. The van der Waals surface area contributed by atoms with E-state index in [0.29, 0.717) is 5.56 Å². The van der Waals surface area contributed by atoms with E-state index in [-0.39, 0.29) is 29.5 Å². The van der Waals surface area contributed by atoms with E-state index < -0.39 is 27.2 Å². The molecule has 4 nitrogen and oxygen atoms in total. The summed E-state index contributed by atoms with van der Waals surface area (Å²) in [5, 5.41) is 10.3. The van der Waals surface area contributed by atoms with Gasteiger partial charge in [0.1, 0.15) is 5.82 Å². The quantitative estimate of drug-likeness (QED) is 0.881. The van der Waals surface area contributed by atoms with Gasteiger partial charge in [0, 0.05) is 12.0 Å². The maximum absolute atomic E-state index is 13.4. The second-order valence-electron chi connectivity index (χ2n) is 4.98. The van der Waals surface area contributed by atoms with Gasteiger partial charge in [-0.25, -0.2) is 12.8 Å². The van der Waals surface area contributed by atoms with Gasteiger partial charge in [0.15, 0.2) is 9.84 Å². The average Bonchev–Trinajstić information content (AvgIpc) is 2.69. The molecule has 1 aromatic carbocycles. The molecule has 2 rings (SSSR count). The van der Waals surface area contributed by atoms with Crippen molar-refractivity contribution in [1.29, 1.82) is 0 Å². The van der Waals surface area contributed by atoms with Crippen LogP contribution in [0, 0.1) is 11.2 Å². The predicted octanol–water partition coefficient (Wildman–Crippen LogP) is 1.28. The Balaban J connectivity index is 2.36. The highest BCUT2D eigenvalue weighted by molar-refractivity contribution is 7.91. The molecule has 0 radical (unpaired) electrons. The Bertz CT molecular complexity index is 593. The van der Waals surface area contributed by atoms with Crippen LogP contribution in [0.5, 0.6) is 0 Å². The number of sulfone groups is 1. The first-order valence-electron chi connectivity index (χ1n) is 5.83. The molecule has 0 bridgehead atoms. The van der Waals surface area contributed by atoms with E-state index in [4.69, 9.17) is 17.3 Å². The van der Waals surface area contributed by atoms with Gasteiger partial charge in [-0.2, -0.15) is 0 Å². The highest BCUT2D eigenvalue weighted by atomic mass is 35.5. The minimum atomic E-state index is -3.20. The number of aliphatic hydroxyl groups excluding tert-OH is 1. The standard InChI is InChI=1S/C12H15ClFNO3S/c13-9-2-1-8(5-10(9)14)11(16)12(6-15)3-4-19(17,18)7-12/h1-2,5,11,16H,3-4,6-7,15H2. The lowest BCUT2D eigenvalue weighted by Gasteiger charge is -2.32. The van der Waals surface area contributed by atoms with Gasteiger partial charge in [0.2, 0.25) is 0 Å². The molecular weight excluding hydrogens is 293 g/mol. The Morgan fingerprint density at radius 2 is 2.21 bits per heavy atom. The van der Waals surface area contributed by atoms with Gasteiger partial charge < -0.3 is 10.8 Å². The van der Waals surface area contributed by atoms with Gasteiger partial charge in [-0.1, -0.05) is 17.7 Å². The van der Waals surface area contributed by atoms with Gasteiger partial charge in [0.25, 0.3) is 0 Å². The first-order valence-corrected chi connectivity index (χ1v) is 8.03. The lowest BCUT2D eigenvalue weighted by molar-refractivity contribution is 0.0469. The lowest BCUT2D eigenvalue weighted by Crippen LogP contribution is -2.38. The fourth-order valence-electron chi connectivity index (χ4n) is 2.47. The third kappa shape index (κ3) is 2.76. The summed E-state index contributed by atoms with van der Waals surface area (Å²) in [7, 11) is -3.20. The topological polar surface area (TPSA) is 80.4 Å². The van der Waals surface area contributed by atoms with Crippen LogP contribution in [0.1, 0.15) is 18.1 Å². The summed E-state index contributed by atoms with van der Waals surface area (Å²) in [4.78, 5) is 0. The molecule has 2 unspecified atom stereocenters. The molecule has 0 aromatic heterocycles. The number of halogens is 2. The molecule has 0 spiro atoms. The molecule has 19 heavy (non-hydrogen) atoms. The number of aliphatic hydroxyl groups is 1. The number of rotatable bonds is 3. The third-order valence-corrected chi connectivity index (χ3v) is 5.81. The normalized spacial score (nSPS) is 27.4. The van der Waals surface area contributed by atoms with Crippen molar-refractivity contribution in [3.63, 3.8) is 0 Å². The van der Waals surface area contributed by atoms with Crippen molar-refractivity contribution in [2.75, 3.05) is 18.1 Å². The number of hydrogen-bond acceptors (Lipinski definition) is 4. The average molecular weight is 308 g/mol. The van der Waals surface area contributed by atoms with Gasteiger partial charge in [0.05, 0.1) is 22.6 Å². The highest BCUT2D eigenvalue weighted by Crippen LogP contribution is 2.42. The van der Waals surface area contributed by atoms with Crippen molar-refractivity contribution >= 4 is 21.4 Å². The summed E-state index contributed by atoms with van der Waals surface area (Å²) in [6.07, 6.45) is -0.849. The van der Waals surface area contributed by atoms with E-state index in [1.54, 1.807) is 0 Å². The zero-order chi connectivity index (χ0) is 14.3. The van der Waals surface area contributed by atoms with E-state index in [0.717, 1.165) is 6.07 Å². The first kappa shape index (κ1) is 14.7. The second kappa shape index (κ2) is 5.01. The van der Waals surface area contributed by atoms with Crippen molar-refractivity contribution in [3.8, 4) is 0 Å². The minimum absolute atomic E-state index is 0.00265. The van der Waals surface area contributed by atoms with Crippen molar-refractivity contribution in [3.05, 3.63) is 34.6 Å². The van der Waals surface area contributed by atoms with Crippen LogP contribution in [0.15, 0.2) is 18.2 Å². The number of hydrogen-bond donors (Lipinski definition) is 2. The summed E-state index contributed by atoms with van der Waals surface area (Å²) in [6.45, 7) is 0.0254. The van der Waals surface area contributed by atoms with Crippen molar-refractivity contribution in [2.45, 2.75) is 12.5 Å². The van der Waals surface area contributed by atoms with Gasteiger partial charge in [-0.3, -0.25) is 0 Å². The maximum Gasteiger partial charge on any atom is 0.151 e. The van der Waals surface area contributed by atoms with E-state index in [9.17, 15) is 17.9 Å². The molecule has 0 aliphatic carbocycles. The van der Waals surface area contributed by atoms with E-state index in [2.05, 4.69) is 0 Å². The van der Waals surface area contributed by atoms with Crippen molar-refractivity contribution in [2.24, 2.45) is 11.1 Å². The summed E-state index contributed by atoms with van der Waals surface area (Å²) in [5.74, 6) is -0.828.